The molecule has 0 bridgehead atoms. The van der Waals surface area contributed by atoms with Gasteiger partial charge in [0.05, 0.1) is 5.69 Å². The van der Waals surface area contributed by atoms with Crippen molar-refractivity contribution in [3.05, 3.63) is 47.4 Å². The number of benzene rings is 1. The van der Waals surface area contributed by atoms with Gasteiger partial charge in [0.1, 0.15) is 17.5 Å². The van der Waals surface area contributed by atoms with Crippen molar-refractivity contribution >= 4 is 16.9 Å². The maximum Gasteiger partial charge on any atom is 0.263 e. The van der Waals surface area contributed by atoms with E-state index in [1.807, 2.05) is 6.92 Å². The zero-order valence-corrected chi connectivity index (χ0v) is 15.1. The number of nitrogens with zero attached hydrogens (tertiary/aromatic N) is 5. The van der Waals surface area contributed by atoms with Gasteiger partial charge >= 0.3 is 0 Å². The van der Waals surface area contributed by atoms with Gasteiger partial charge in [0, 0.05) is 32.2 Å². The van der Waals surface area contributed by atoms with Crippen LogP contribution < -0.4 is 4.90 Å². The second kappa shape index (κ2) is 6.36. The molecule has 0 N–H and O–H groups in total. The molecular formula is C20H23N5O. The van der Waals surface area contributed by atoms with Crippen LogP contribution in [-0.4, -0.2) is 45.7 Å². The smallest absolute Gasteiger partial charge is 0.263 e. The largest absolute Gasteiger partial charge is 0.356 e. The van der Waals surface area contributed by atoms with Crippen LogP contribution in [-0.2, 0) is 13.0 Å². The molecule has 0 radical (unpaired) electrons. The summed E-state index contributed by atoms with van der Waals surface area (Å²) in [5.41, 5.74) is 4.47. The van der Waals surface area contributed by atoms with Crippen molar-refractivity contribution in [3.63, 3.8) is 0 Å². The molecule has 3 aromatic rings. The number of rotatable bonds is 2. The molecule has 5 rings (SSSR count). The van der Waals surface area contributed by atoms with E-state index >= 15 is 0 Å². The molecule has 6 nitrogen and oxygen atoms in total. The normalized spacial score (nSPS) is 19.0. The number of fused-ring (bicyclic) bond motifs is 2. The van der Waals surface area contributed by atoms with Crippen LogP contribution in [0, 0.1) is 6.92 Å². The second-order valence-corrected chi connectivity index (χ2v) is 7.35. The van der Waals surface area contributed by atoms with Crippen molar-refractivity contribution in [2.75, 3.05) is 24.5 Å². The van der Waals surface area contributed by atoms with Crippen LogP contribution in [0.15, 0.2) is 35.1 Å². The Morgan fingerprint density at radius 2 is 1.85 bits per heavy atom. The van der Waals surface area contributed by atoms with Gasteiger partial charge in [-0.2, -0.15) is 4.98 Å². The monoisotopic (exact) mass is 349 g/mol. The fourth-order valence-corrected chi connectivity index (χ4v) is 4.42. The summed E-state index contributed by atoms with van der Waals surface area (Å²) in [5, 5.41) is 5.00. The van der Waals surface area contributed by atoms with Crippen LogP contribution in [0.2, 0.25) is 0 Å². The van der Waals surface area contributed by atoms with E-state index in [2.05, 4.69) is 49.2 Å². The van der Waals surface area contributed by atoms with Crippen molar-refractivity contribution in [2.24, 2.45) is 0 Å². The highest BCUT2D eigenvalue weighted by Gasteiger charge is 2.29. The molecule has 4 heterocycles. The van der Waals surface area contributed by atoms with Gasteiger partial charge < -0.3 is 9.42 Å². The first kappa shape index (κ1) is 15.8. The molecule has 1 aromatic carbocycles. The van der Waals surface area contributed by atoms with E-state index < -0.39 is 0 Å². The lowest BCUT2D eigenvalue weighted by atomic mass is 9.95. The highest BCUT2D eigenvalue weighted by atomic mass is 16.5. The minimum absolute atomic E-state index is 0.585. The SMILES string of the molecule is Cc1noc2ncnc(N3CCC(N4CCc5ccccc5C4)CC3)c12. The van der Waals surface area contributed by atoms with Gasteiger partial charge in [-0.1, -0.05) is 29.4 Å². The summed E-state index contributed by atoms with van der Waals surface area (Å²) < 4.78 is 5.29. The van der Waals surface area contributed by atoms with E-state index in [4.69, 9.17) is 4.52 Å². The predicted molar refractivity (Wildman–Crippen MR) is 100 cm³/mol. The summed E-state index contributed by atoms with van der Waals surface area (Å²) in [6.45, 7) is 6.24. The van der Waals surface area contributed by atoms with Crippen molar-refractivity contribution in [1.82, 2.24) is 20.0 Å². The lowest BCUT2D eigenvalue weighted by Crippen LogP contribution is -2.46. The fourth-order valence-electron chi connectivity index (χ4n) is 4.42. The van der Waals surface area contributed by atoms with E-state index in [1.54, 1.807) is 6.33 Å². The Hall–Kier alpha value is -2.47. The zero-order chi connectivity index (χ0) is 17.5. The molecule has 1 fully saturated rings. The van der Waals surface area contributed by atoms with Crippen molar-refractivity contribution in [1.29, 1.82) is 0 Å². The van der Waals surface area contributed by atoms with E-state index in [9.17, 15) is 0 Å². The van der Waals surface area contributed by atoms with Crippen molar-refractivity contribution in [3.8, 4) is 0 Å². The summed E-state index contributed by atoms with van der Waals surface area (Å²) >= 11 is 0. The van der Waals surface area contributed by atoms with Crippen molar-refractivity contribution in [2.45, 2.75) is 38.8 Å². The maximum absolute atomic E-state index is 5.29. The van der Waals surface area contributed by atoms with Crippen LogP contribution in [0.4, 0.5) is 5.82 Å². The molecule has 0 spiro atoms. The Morgan fingerprint density at radius 3 is 2.69 bits per heavy atom. The lowest BCUT2D eigenvalue weighted by molar-refractivity contribution is 0.153. The predicted octanol–water partition coefficient (Wildman–Crippen LogP) is 2.95. The van der Waals surface area contributed by atoms with E-state index in [0.717, 1.165) is 49.4 Å². The third-order valence-electron chi connectivity index (χ3n) is 5.86. The van der Waals surface area contributed by atoms with E-state index in [1.165, 1.54) is 24.1 Å². The summed E-state index contributed by atoms with van der Waals surface area (Å²) in [6, 6.07) is 9.52. The third-order valence-corrected chi connectivity index (χ3v) is 5.86. The van der Waals surface area contributed by atoms with Gasteiger partial charge in [0.2, 0.25) is 0 Å². The van der Waals surface area contributed by atoms with Gasteiger partial charge in [-0.15, -0.1) is 0 Å². The molecule has 0 saturated carbocycles. The van der Waals surface area contributed by atoms with Crippen molar-refractivity contribution < 1.29 is 4.52 Å². The standard InChI is InChI=1S/C20H23N5O/c1-14-18-19(21-13-22-20(18)26-23-14)24-10-7-17(8-11-24)25-9-6-15-4-2-3-5-16(15)12-25/h2-5,13,17H,6-12H2,1H3. The average molecular weight is 349 g/mol. The van der Waals surface area contributed by atoms with Crippen LogP contribution >= 0.6 is 0 Å². The summed E-state index contributed by atoms with van der Waals surface area (Å²) in [4.78, 5) is 13.8. The van der Waals surface area contributed by atoms with Gasteiger partial charge in [-0.05, 0) is 37.3 Å². The topological polar surface area (TPSA) is 58.3 Å². The highest BCUT2D eigenvalue weighted by Crippen LogP contribution is 2.30. The number of hydrogen-bond acceptors (Lipinski definition) is 6. The average Bonchev–Trinajstić information content (AvgIpc) is 3.09. The van der Waals surface area contributed by atoms with Gasteiger partial charge in [-0.25, -0.2) is 4.98 Å². The molecule has 0 aliphatic carbocycles. The second-order valence-electron chi connectivity index (χ2n) is 7.35. The molecule has 0 atom stereocenters. The highest BCUT2D eigenvalue weighted by molar-refractivity contribution is 5.87. The maximum atomic E-state index is 5.29. The van der Waals surface area contributed by atoms with E-state index in [0.29, 0.717) is 11.8 Å². The molecule has 0 amide bonds. The summed E-state index contributed by atoms with van der Waals surface area (Å²) in [6.07, 6.45) is 5.08. The number of hydrogen-bond donors (Lipinski definition) is 0. The molecule has 134 valence electrons. The number of aryl methyl sites for hydroxylation is 1. The summed E-state index contributed by atoms with van der Waals surface area (Å²) in [7, 11) is 0. The van der Waals surface area contributed by atoms with Gasteiger partial charge in [0.15, 0.2) is 0 Å². The number of anilines is 1. The van der Waals surface area contributed by atoms with Crippen LogP contribution in [0.1, 0.15) is 29.7 Å². The molecule has 2 aliphatic heterocycles. The molecule has 0 unspecified atom stereocenters. The molecule has 2 aliphatic rings. The zero-order valence-electron chi connectivity index (χ0n) is 15.1. The van der Waals surface area contributed by atoms with Crippen LogP contribution in [0.5, 0.6) is 0 Å². The first-order valence-corrected chi connectivity index (χ1v) is 9.42. The minimum atomic E-state index is 0.585. The van der Waals surface area contributed by atoms with E-state index in [-0.39, 0.29) is 0 Å². The number of aromatic nitrogens is 3. The van der Waals surface area contributed by atoms with Gasteiger partial charge in [-0.3, -0.25) is 4.90 Å². The molecule has 2 aromatic heterocycles. The summed E-state index contributed by atoms with van der Waals surface area (Å²) in [5.74, 6) is 0.969. The molecular weight excluding hydrogens is 326 g/mol. The number of piperidine rings is 1. The first-order valence-electron chi connectivity index (χ1n) is 9.42. The molecule has 1 saturated heterocycles. The van der Waals surface area contributed by atoms with Crippen LogP contribution in [0.25, 0.3) is 11.1 Å². The Bertz CT molecular complexity index is 929. The fraction of sp³-hybridized carbons (Fsp3) is 0.450. The van der Waals surface area contributed by atoms with Gasteiger partial charge in [0.25, 0.3) is 5.71 Å². The Balaban J connectivity index is 1.30. The third kappa shape index (κ3) is 2.65. The Morgan fingerprint density at radius 1 is 1.04 bits per heavy atom. The van der Waals surface area contributed by atoms with Crippen LogP contribution in [0.3, 0.4) is 0 Å². The quantitative estimate of drug-likeness (QED) is 0.709. The molecule has 26 heavy (non-hydrogen) atoms. The Kier molecular flexibility index (Phi) is 3.85. The lowest BCUT2D eigenvalue weighted by Gasteiger charge is -2.41. The minimum Gasteiger partial charge on any atom is -0.356 e. The molecule has 6 heteroatoms. The Labute approximate surface area is 152 Å². The first-order chi connectivity index (χ1) is 12.8.